The van der Waals surface area contributed by atoms with E-state index in [2.05, 4.69) is 0 Å². The van der Waals surface area contributed by atoms with Gasteiger partial charge in [0.2, 0.25) is 5.91 Å². The molecule has 1 aliphatic heterocycles. The van der Waals surface area contributed by atoms with Crippen molar-refractivity contribution in [1.29, 1.82) is 5.41 Å². The molecule has 1 amide bonds. The van der Waals surface area contributed by atoms with E-state index in [0.29, 0.717) is 5.56 Å². The van der Waals surface area contributed by atoms with Crippen LogP contribution in [0.2, 0.25) is 0 Å². The molecule has 0 saturated carbocycles. The lowest BCUT2D eigenvalue weighted by molar-refractivity contribution is -0.137. The van der Waals surface area contributed by atoms with Gasteiger partial charge in [-0.15, -0.1) is 0 Å². The number of rotatable bonds is 4. The van der Waals surface area contributed by atoms with Crippen molar-refractivity contribution in [2.24, 2.45) is 0 Å². The first-order chi connectivity index (χ1) is 14.3. The van der Waals surface area contributed by atoms with Gasteiger partial charge in [-0.1, -0.05) is 72.8 Å². The number of carbonyl (C=O) groups excluding carboxylic acids is 1. The van der Waals surface area contributed by atoms with Crippen molar-refractivity contribution >= 4 is 11.7 Å². The van der Waals surface area contributed by atoms with Crippen molar-refractivity contribution in [3.05, 3.63) is 107 Å². The first kappa shape index (κ1) is 19.9. The Morgan fingerprint density at radius 2 is 1.43 bits per heavy atom. The summed E-state index contributed by atoms with van der Waals surface area (Å²) in [4.78, 5) is 15.0. The Bertz CT molecular complexity index is 1040. The third-order valence-electron chi connectivity index (χ3n) is 5.50. The molecule has 1 saturated heterocycles. The van der Waals surface area contributed by atoms with Gasteiger partial charge in [-0.25, -0.2) is 0 Å². The van der Waals surface area contributed by atoms with E-state index < -0.39 is 17.2 Å². The van der Waals surface area contributed by atoms with Crippen molar-refractivity contribution in [3.8, 4) is 0 Å². The third kappa shape index (κ3) is 3.38. The van der Waals surface area contributed by atoms with E-state index in [1.807, 2.05) is 60.7 Å². The monoisotopic (exact) mass is 408 g/mol. The van der Waals surface area contributed by atoms with Crippen LogP contribution in [0.1, 0.15) is 28.7 Å². The molecule has 0 atom stereocenters. The third-order valence-corrected chi connectivity index (χ3v) is 5.50. The van der Waals surface area contributed by atoms with Crippen LogP contribution in [-0.4, -0.2) is 16.6 Å². The highest BCUT2D eigenvalue weighted by Crippen LogP contribution is 2.43. The summed E-state index contributed by atoms with van der Waals surface area (Å²) in [6.45, 7) is -0.0804. The van der Waals surface area contributed by atoms with Gasteiger partial charge in [0.15, 0.2) is 0 Å². The van der Waals surface area contributed by atoms with Crippen molar-refractivity contribution < 1.29 is 18.0 Å². The van der Waals surface area contributed by atoms with Gasteiger partial charge in [0, 0.05) is 6.42 Å². The molecular weight excluding hydrogens is 389 g/mol. The number of halogens is 3. The number of amides is 1. The van der Waals surface area contributed by atoms with E-state index in [1.165, 1.54) is 11.0 Å². The van der Waals surface area contributed by atoms with Crippen LogP contribution < -0.4 is 0 Å². The van der Waals surface area contributed by atoms with Gasteiger partial charge < -0.3 is 0 Å². The molecule has 0 bridgehead atoms. The average Bonchev–Trinajstić information content (AvgIpc) is 3.00. The van der Waals surface area contributed by atoms with Gasteiger partial charge >= 0.3 is 6.18 Å². The van der Waals surface area contributed by atoms with Gasteiger partial charge in [0.05, 0.1) is 12.1 Å². The summed E-state index contributed by atoms with van der Waals surface area (Å²) in [7, 11) is 0. The Labute approximate surface area is 172 Å². The van der Waals surface area contributed by atoms with Gasteiger partial charge in [0.1, 0.15) is 11.3 Å². The summed E-state index contributed by atoms with van der Waals surface area (Å²) in [5.74, 6) is -0.215. The highest BCUT2D eigenvalue weighted by molar-refractivity contribution is 6.12. The molecule has 0 aliphatic carbocycles. The molecule has 0 spiro atoms. The molecule has 3 aromatic rings. The number of amidine groups is 1. The summed E-state index contributed by atoms with van der Waals surface area (Å²) in [6, 6.07) is 23.4. The molecule has 3 nitrogen and oxygen atoms in total. The van der Waals surface area contributed by atoms with Crippen LogP contribution in [0.25, 0.3) is 0 Å². The van der Waals surface area contributed by atoms with Gasteiger partial charge in [-0.3, -0.25) is 15.1 Å². The van der Waals surface area contributed by atoms with E-state index >= 15 is 0 Å². The maximum Gasteiger partial charge on any atom is 0.416 e. The van der Waals surface area contributed by atoms with Crippen LogP contribution in [0.3, 0.4) is 0 Å². The Morgan fingerprint density at radius 3 is 1.97 bits per heavy atom. The van der Waals surface area contributed by atoms with Crippen molar-refractivity contribution in [2.45, 2.75) is 24.6 Å². The highest BCUT2D eigenvalue weighted by Gasteiger charge is 2.52. The summed E-state index contributed by atoms with van der Waals surface area (Å²) >= 11 is 0. The lowest BCUT2D eigenvalue weighted by Crippen LogP contribution is -2.39. The van der Waals surface area contributed by atoms with Crippen molar-refractivity contribution in [1.82, 2.24) is 4.90 Å². The van der Waals surface area contributed by atoms with Crippen LogP contribution in [0.4, 0.5) is 13.2 Å². The second-order valence-electron chi connectivity index (χ2n) is 7.35. The van der Waals surface area contributed by atoms with Crippen LogP contribution in [0, 0.1) is 5.41 Å². The lowest BCUT2D eigenvalue weighted by Gasteiger charge is -2.28. The SMILES string of the molecule is N=C1CC(c2ccccc2)(c2ccccc2)C(=O)N1Cc1cccc(C(F)(F)F)c1. The van der Waals surface area contributed by atoms with Crippen molar-refractivity contribution in [2.75, 3.05) is 0 Å². The normalized spacial score (nSPS) is 16.2. The van der Waals surface area contributed by atoms with E-state index in [4.69, 9.17) is 5.41 Å². The summed E-state index contributed by atoms with van der Waals surface area (Å²) in [5, 5.41) is 8.50. The molecular formula is C24H19F3N2O. The maximum absolute atomic E-state index is 13.7. The predicted octanol–water partition coefficient (Wildman–Crippen LogP) is 5.40. The Balaban J connectivity index is 1.75. The zero-order valence-electron chi connectivity index (χ0n) is 16.0. The fraction of sp³-hybridized carbons (Fsp3) is 0.167. The summed E-state index contributed by atoms with van der Waals surface area (Å²) in [6.07, 6.45) is -4.31. The van der Waals surface area contributed by atoms with Crippen LogP contribution >= 0.6 is 0 Å². The molecule has 152 valence electrons. The zero-order chi connectivity index (χ0) is 21.4. The number of hydrogen-bond donors (Lipinski definition) is 1. The number of likely N-dealkylation sites (tertiary alicyclic amines) is 1. The molecule has 1 aliphatic rings. The molecule has 0 unspecified atom stereocenters. The van der Waals surface area contributed by atoms with Crippen LogP contribution in [0.15, 0.2) is 84.9 Å². The molecule has 1 heterocycles. The molecule has 6 heteroatoms. The van der Waals surface area contributed by atoms with Crippen molar-refractivity contribution in [3.63, 3.8) is 0 Å². The van der Waals surface area contributed by atoms with Crippen LogP contribution in [0.5, 0.6) is 0 Å². The Hall–Kier alpha value is -3.41. The summed E-state index contributed by atoms with van der Waals surface area (Å²) in [5.41, 5.74) is 0.0201. The first-order valence-electron chi connectivity index (χ1n) is 9.49. The minimum absolute atomic E-state index is 0.0804. The smallest absolute Gasteiger partial charge is 0.295 e. The van der Waals surface area contributed by atoms with E-state index in [9.17, 15) is 18.0 Å². The molecule has 0 aromatic heterocycles. The fourth-order valence-electron chi connectivity index (χ4n) is 4.03. The minimum Gasteiger partial charge on any atom is -0.295 e. The second-order valence-corrected chi connectivity index (χ2v) is 7.35. The number of carbonyl (C=O) groups is 1. The number of nitrogens with zero attached hydrogens (tertiary/aromatic N) is 1. The van der Waals surface area contributed by atoms with Gasteiger partial charge in [-0.05, 0) is 28.8 Å². The average molecular weight is 408 g/mol. The lowest BCUT2D eigenvalue weighted by atomic mass is 9.73. The highest BCUT2D eigenvalue weighted by atomic mass is 19.4. The molecule has 30 heavy (non-hydrogen) atoms. The topological polar surface area (TPSA) is 44.2 Å². The molecule has 4 rings (SSSR count). The van der Waals surface area contributed by atoms with Crippen LogP contribution in [-0.2, 0) is 22.9 Å². The summed E-state index contributed by atoms with van der Waals surface area (Å²) < 4.78 is 39.2. The number of benzene rings is 3. The van der Waals surface area contributed by atoms with E-state index in [0.717, 1.165) is 23.3 Å². The predicted molar refractivity (Wildman–Crippen MR) is 108 cm³/mol. The molecule has 1 N–H and O–H groups in total. The standard InChI is InChI=1S/C24H19F3N2O/c25-24(26,27)20-13-7-8-17(14-20)16-29-21(28)15-23(22(29)30,18-9-3-1-4-10-18)19-11-5-2-6-12-19/h1-14,28H,15-16H2. The van der Waals surface area contributed by atoms with E-state index in [1.54, 1.807) is 6.07 Å². The quantitative estimate of drug-likeness (QED) is 0.617. The number of alkyl halides is 3. The molecule has 3 aromatic carbocycles. The zero-order valence-corrected chi connectivity index (χ0v) is 16.0. The number of hydrogen-bond acceptors (Lipinski definition) is 2. The molecule has 0 radical (unpaired) electrons. The number of nitrogens with one attached hydrogen (secondary N) is 1. The largest absolute Gasteiger partial charge is 0.416 e. The van der Waals surface area contributed by atoms with Gasteiger partial charge in [0.25, 0.3) is 0 Å². The first-order valence-corrected chi connectivity index (χ1v) is 9.49. The second kappa shape index (κ2) is 7.44. The fourth-order valence-corrected chi connectivity index (χ4v) is 4.03. The van der Waals surface area contributed by atoms with E-state index in [-0.39, 0.29) is 24.7 Å². The Morgan fingerprint density at radius 1 is 0.867 bits per heavy atom. The molecule has 1 fully saturated rings. The minimum atomic E-state index is -4.46. The Kier molecular flexibility index (Phi) is 4.94. The maximum atomic E-state index is 13.7. The van der Waals surface area contributed by atoms with Gasteiger partial charge in [-0.2, -0.15) is 13.2 Å².